The lowest BCUT2D eigenvalue weighted by atomic mass is 9.90. The highest BCUT2D eigenvalue weighted by Gasteiger charge is 2.39. The molecule has 5 N–H and O–H groups in total. The number of rotatable bonds is 17. The number of carbonyl (C=O) groups is 3. The first-order chi connectivity index (χ1) is 17.8. The molecule has 1 rings (SSSR count). The molecule has 0 fully saturated rings. The number of aliphatic hydroxyl groups is 3. The van der Waals surface area contributed by atoms with Gasteiger partial charge in [0, 0.05) is 38.0 Å². The van der Waals surface area contributed by atoms with E-state index in [-0.39, 0.29) is 61.2 Å². The number of likely N-dealkylation sites (N-methyl/N-ethyl adjacent to an activating group) is 1. The van der Waals surface area contributed by atoms with E-state index >= 15 is 0 Å². The highest BCUT2D eigenvalue weighted by molar-refractivity contribution is 7.09. The molecular weight excluding hydrogens is 512 g/mol. The lowest BCUT2D eigenvalue weighted by Crippen LogP contribution is -2.62. The molecule has 0 aromatic carbocycles. The molecule has 38 heavy (non-hydrogen) atoms. The van der Waals surface area contributed by atoms with Crippen LogP contribution >= 0.6 is 11.3 Å². The van der Waals surface area contributed by atoms with E-state index in [1.54, 1.807) is 30.7 Å². The molecule has 1 unspecified atom stereocenters. The molecule has 0 saturated heterocycles. The zero-order chi connectivity index (χ0) is 29.2. The Morgan fingerprint density at radius 3 is 2.08 bits per heavy atom. The average Bonchev–Trinajstić information content (AvgIpc) is 3.39. The largest absolute Gasteiger partial charge is 0.476 e. The first-order valence-corrected chi connectivity index (χ1v) is 14.1. The molecule has 2 amide bonds. The molecule has 1 aromatic heterocycles. The summed E-state index contributed by atoms with van der Waals surface area (Å²) in [5, 5.41) is 43.5. The van der Waals surface area contributed by atoms with Gasteiger partial charge in [0.15, 0.2) is 5.69 Å². The molecule has 0 aliphatic carbocycles. The molecule has 5 atom stereocenters. The number of carboxylic acid groups (broad SMARTS) is 1. The predicted molar refractivity (Wildman–Crippen MR) is 146 cm³/mol. The molecule has 0 aliphatic rings. The molecule has 218 valence electrons. The first kappa shape index (κ1) is 33.9. The van der Waals surface area contributed by atoms with Crippen molar-refractivity contribution >= 4 is 29.1 Å². The maximum absolute atomic E-state index is 13.8. The molecule has 1 heterocycles. The van der Waals surface area contributed by atoms with Gasteiger partial charge in [0.05, 0.1) is 18.8 Å². The van der Waals surface area contributed by atoms with Crippen LogP contribution in [0.3, 0.4) is 0 Å². The highest BCUT2D eigenvalue weighted by Crippen LogP contribution is 2.29. The van der Waals surface area contributed by atoms with Crippen LogP contribution in [0.4, 0.5) is 0 Å². The number of hydrogen-bond donors (Lipinski definition) is 5. The molecule has 0 saturated carbocycles. The monoisotopic (exact) mass is 558 g/mol. The maximum Gasteiger partial charge on any atom is 0.355 e. The predicted octanol–water partition coefficient (Wildman–Crippen LogP) is 1.73. The van der Waals surface area contributed by atoms with Crippen LogP contribution in [0.15, 0.2) is 5.38 Å². The number of thiazole rings is 1. The summed E-state index contributed by atoms with van der Waals surface area (Å²) < 4.78 is 0. The van der Waals surface area contributed by atoms with Gasteiger partial charge in [0.2, 0.25) is 11.8 Å². The van der Waals surface area contributed by atoms with Crippen LogP contribution in [-0.2, 0) is 9.59 Å². The standard InChI is InChI=1S/C26H46N4O7S/c1-8-16(3)19(14-20(33)22-27-18(15-38-22)24(35)36)29(7)23(34)21(17(4)9-2)28-25(37)26(5,6)30(10-12-31)11-13-32/h15-17,19-21,31-33H,8-14H2,1-7H3,(H,28,37)(H,35,36)/t16?,17-,19+,20+,21-/m0/s1. The molecule has 0 radical (unpaired) electrons. The van der Waals surface area contributed by atoms with E-state index in [4.69, 9.17) is 5.11 Å². The van der Waals surface area contributed by atoms with Crippen molar-refractivity contribution in [3.05, 3.63) is 16.1 Å². The summed E-state index contributed by atoms with van der Waals surface area (Å²) >= 11 is 1.06. The van der Waals surface area contributed by atoms with E-state index in [1.807, 2.05) is 27.7 Å². The second kappa shape index (κ2) is 15.5. The van der Waals surface area contributed by atoms with Gasteiger partial charge >= 0.3 is 5.97 Å². The second-order valence-electron chi connectivity index (χ2n) is 10.4. The number of nitrogens with zero attached hydrogens (tertiary/aromatic N) is 3. The van der Waals surface area contributed by atoms with Crippen molar-refractivity contribution in [2.24, 2.45) is 11.8 Å². The van der Waals surface area contributed by atoms with E-state index < -0.39 is 35.6 Å². The quantitative estimate of drug-likeness (QED) is 0.192. The van der Waals surface area contributed by atoms with Crippen molar-refractivity contribution in [3.63, 3.8) is 0 Å². The van der Waals surface area contributed by atoms with Crippen molar-refractivity contribution < 1.29 is 34.8 Å². The van der Waals surface area contributed by atoms with Crippen LogP contribution in [0, 0.1) is 11.8 Å². The number of aromatic carboxylic acids is 1. The number of carboxylic acids is 1. The van der Waals surface area contributed by atoms with Crippen LogP contribution in [0.5, 0.6) is 0 Å². The molecule has 11 nitrogen and oxygen atoms in total. The summed E-state index contributed by atoms with van der Waals surface area (Å²) in [5.41, 5.74) is -1.22. The van der Waals surface area contributed by atoms with Gasteiger partial charge < -0.3 is 30.6 Å². The third kappa shape index (κ3) is 8.70. The molecule has 0 bridgehead atoms. The third-order valence-corrected chi connectivity index (χ3v) is 8.43. The van der Waals surface area contributed by atoms with Crippen LogP contribution in [0.1, 0.15) is 82.4 Å². The number of aliphatic hydroxyl groups excluding tert-OH is 3. The average molecular weight is 559 g/mol. The molecular formula is C26H46N4O7S. The Labute approximate surface area is 229 Å². The van der Waals surface area contributed by atoms with E-state index in [2.05, 4.69) is 10.3 Å². The Morgan fingerprint density at radius 2 is 1.63 bits per heavy atom. The normalized spacial score (nSPS) is 16.0. The van der Waals surface area contributed by atoms with E-state index in [0.29, 0.717) is 6.42 Å². The maximum atomic E-state index is 13.8. The summed E-state index contributed by atoms with van der Waals surface area (Å²) in [6.45, 7) is 11.2. The topological polar surface area (TPSA) is 164 Å². The third-order valence-electron chi connectivity index (χ3n) is 7.49. The Morgan fingerprint density at radius 1 is 1.08 bits per heavy atom. The van der Waals surface area contributed by atoms with Crippen LogP contribution in [0.2, 0.25) is 0 Å². The number of nitrogens with one attached hydrogen (secondary N) is 1. The van der Waals surface area contributed by atoms with Gasteiger partial charge in [-0.05, 0) is 25.7 Å². The van der Waals surface area contributed by atoms with Crippen molar-refractivity contribution in [1.82, 2.24) is 20.1 Å². The Hall–Kier alpha value is -2.12. The van der Waals surface area contributed by atoms with Gasteiger partial charge in [-0.25, -0.2) is 9.78 Å². The van der Waals surface area contributed by atoms with Gasteiger partial charge in [-0.3, -0.25) is 14.5 Å². The number of amides is 2. The highest BCUT2D eigenvalue weighted by atomic mass is 32.1. The number of hydrogen-bond acceptors (Lipinski definition) is 9. The molecule has 0 aliphatic heterocycles. The lowest BCUT2D eigenvalue weighted by molar-refractivity contribution is -0.143. The smallest absolute Gasteiger partial charge is 0.355 e. The molecule has 0 spiro atoms. The fourth-order valence-electron chi connectivity index (χ4n) is 4.35. The minimum Gasteiger partial charge on any atom is -0.476 e. The van der Waals surface area contributed by atoms with E-state index in [0.717, 1.165) is 17.8 Å². The van der Waals surface area contributed by atoms with Crippen molar-refractivity contribution in [2.45, 2.75) is 84.5 Å². The van der Waals surface area contributed by atoms with Gasteiger partial charge in [-0.15, -0.1) is 11.3 Å². The van der Waals surface area contributed by atoms with Crippen molar-refractivity contribution in [2.75, 3.05) is 33.4 Å². The first-order valence-electron chi connectivity index (χ1n) is 13.2. The summed E-state index contributed by atoms with van der Waals surface area (Å²) in [7, 11) is 1.66. The Balaban J connectivity index is 3.21. The van der Waals surface area contributed by atoms with Gasteiger partial charge in [-0.2, -0.15) is 0 Å². The summed E-state index contributed by atoms with van der Waals surface area (Å²) in [5.74, 6) is -2.03. The Bertz CT molecular complexity index is 904. The van der Waals surface area contributed by atoms with Crippen LogP contribution in [-0.4, -0.2) is 104 Å². The van der Waals surface area contributed by atoms with Crippen molar-refractivity contribution in [1.29, 1.82) is 0 Å². The minimum atomic E-state index is -1.17. The van der Waals surface area contributed by atoms with Crippen molar-refractivity contribution in [3.8, 4) is 0 Å². The molecule has 1 aromatic rings. The summed E-state index contributed by atoms with van der Waals surface area (Å²) in [6, 6.07) is -1.22. The summed E-state index contributed by atoms with van der Waals surface area (Å²) in [6.07, 6.45) is 0.480. The van der Waals surface area contributed by atoms with Crippen LogP contribution < -0.4 is 5.32 Å². The Kier molecular flexibility index (Phi) is 13.8. The SMILES string of the molecule is CCC(C)[C@@H](C[C@@H](O)c1nc(C(=O)O)cs1)N(C)C(=O)[C@@H](NC(=O)C(C)(C)N(CCO)CCO)[C@@H](C)CC. The zero-order valence-electron chi connectivity index (χ0n) is 23.7. The number of carbonyl (C=O) groups excluding carboxylic acids is 2. The van der Waals surface area contributed by atoms with Crippen LogP contribution in [0.25, 0.3) is 0 Å². The molecule has 12 heteroatoms. The zero-order valence-corrected chi connectivity index (χ0v) is 24.5. The number of aromatic nitrogens is 1. The fraction of sp³-hybridized carbons (Fsp3) is 0.769. The van der Waals surface area contributed by atoms with E-state index in [1.165, 1.54) is 5.38 Å². The minimum absolute atomic E-state index is 0.00633. The van der Waals surface area contributed by atoms with E-state index in [9.17, 15) is 29.7 Å². The second-order valence-corrected chi connectivity index (χ2v) is 11.2. The van der Waals surface area contributed by atoms with Gasteiger partial charge in [0.25, 0.3) is 0 Å². The lowest BCUT2D eigenvalue weighted by Gasteiger charge is -2.40. The summed E-state index contributed by atoms with van der Waals surface area (Å²) in [4.78, 5) is 45.7. The fourth-order valence-corrected chi connectivity index (χ4v) is 5.14. The van der Waals surface area contributed by atoms with Gasteiger partial charge in [0.1, 0.15) is 17.2 Å². The van der Waals surface area contributed by atoms with Gasteiger partial charge in [-0.1, -0.05) is 40.5 Å². The number of β-amino-alcohol motifs (C(OH)–C–C–N with tert-alkyl or cyclic N) is 2.